The van der Waals surface area contributed by atoms with E-state index in [9.17, 15) is 14.4 Å². The maximum atomic E-state index is 13.0. The van der Waals surface area contributed by atoms with Crippen LogP contribution in [0.25, 0.3) is 22.4 Å². The van der Waals surface area contributed by atoms with Gasteiger partial charge in [-0.15, -0.1) is 0 Å². The number of nitrogens with zero attached hydrogens (tertiary/aromatic N) is 4. The number of benzene rings is 2. The number of fused-ring (bicyclic) bond motifs is 1. The van der Waals surface area contributed by atoms with Crippen LogP contribution in [0.3, 0.4) is 0 Å². The van der Waals surface area contributed by atoms with Gasteiger partial charge in [-0.1, -0.05) is 30.7 Å². The molecule has 2 aromatic heterocycles. The number of rotatable bonds is 5. The minimum atomic E-state index is -0.638. The average Bonchev–Trinajstić information content (AvgIpc) is 2.80. The molecule has 0 spiro atoms. The fourth-order valence-corrected chi connectivity index (χ4v) is 3.50. The smallest absolute Gasteiger partial charge is 0.325 e. The van der Waals surface area contributed by atoms with Gasteiger partial charge in [-0.25, -0.2) is 14.8 Å². The van der Waals surface area contributed by atoms with Gasteiger partial charge in [0.15, 0.2) is 11.5 Å². The molecule has 8 nitrogen and oxygen atoms in total. The lowest BCUT2D eigenvalue weighted by Gasteiger charge is -2.11. The monoisotopic (exact) mass is 449 g/mol. The number of aromatic nitrogens is 4. The van der Waals surface area contributed by atoms with E-state index in [0.29, 0.717) is 22.1 Å². The zero-order valence-electron chi connectivity index (χ0n) is 17.5. The molecule has 0 aliphatic rings. The topological polar surface area (TPSA) is 98.9 Å². The van der Waals surface area contributed by atoms with Crippen LogP contribution in [0.2, 0.25) is 5.02 Å². The predicted octanol–water partition coefficient (Wildman–Crippen LogP) is 3.01. The molecule has 0 atom stereocenters. The Morgan fingerprint density at radius 3 is 2.59 bits per heavy atom. The highest BCUT2D eigenvalue weighted by atomic mass is 35.5. The van der Waals surface area contributed by atoms with Gasteiger partial charge in [0.25, 0.3) is 5.56 Å². The molecule has 0 unspecified atom stereocenters. The van der Waals surface area contributed by atoms with Crippen LogP contribution >= 0.6 is 11.6 Å². The lowest BCUT2D eigenvalue weighted by Crippen LogP contribution is -2.42. The molecule has 1 N–H and O–H groups in total. The maximum absolute atomic E-state index is 13.0. The van der Waals surface area contributed by atoms with Gasteiger partial charge in [0.1, 0.15) is 11.9 Å². The zero-order chi connectivity index (χ0) is 22.8. The molecular weight excluding hydrogens is 430 g/mol. The number of anilines is 1. The van der Waals surface area contributed by atoms with Crippen molar-refractivity contribution >= 4 is 34.2 Å². The van der Waals surface area contributed by atoms with Crippen LogP contribution in [-0.2, 0) is 24.8 Å². The highest BCUT2D eigenvalue weighted by Crippen LogP contribution is 2.19. The molecule has 32 heavy (non-hydrogen) atoms. The molecule has 0 fully saturated rings. The Bertz CT molecular complexity index is 1440. The molecule has 0 aliphatic heterocycles. The first-order valence-electron chi connectivity index (χ1n) is 9.98. The Morgan fingerprint density at radius 2 is 1.88 bits per heavy atom. The molecule has 0 aliphatic carbocycles. The number of aryl methyl sites for hydroxylation is 2. The van der Waals surface area contributed by atoms with Gasteiger partial charge in [0.2, 0.25) is 5.91 Å². The van der Waals surface area contributed by atoms with E-state index in [1.165, 1.54) is 17.8 Å². The standard InChI is InChI=1S/C23H20ClN5O3/c1-3-14-5-4-6-17(11-14)26-19(30)13-29-22(31)18-12-25-20(15-7-9-16(24)10-8-15)27-21(18)28(2)23(29)32/h4-12H,3,13H2,1-2H3,(H,26,30). The van der Waals surface area contributed by atoms with E-state index in [4.69, 9.17) is 11.6 Å². The van der Waals surface area contributed by atoms with Crippen LogP contribution in [-0.4, -0.2) is 25.0 Å². The van der Waals surface area contributed by atoms with E-state index in [1.54, 1.807) is 30.3 Å². The van der Waals surface area contributed by atoms with Crippen molar-refractivity contribution < 1.29 is 4.79 Å². The van der Waals surface area contributed by atoms with Gasteiger partial charge in [0, 0.05) is 29.5 Å². The van der Waals surface area contributed by atoms with Gasteiger partial charge in [0.05, 0.1) is 0 Å². The van der Waals surface area contributed by atoms with Crippen molar-refractivity contribution in [1.82, 2.24) is 19.1 Å². The maximum Gasteiger partial charge on any atom is 0.332 e. The Labute approximate surface area is 188 Å². The molecule has 4 rings (SSSR count). The Kier molecular flexibility index (Phi) is 5.87. The lowest BCUT2D eigenvalue weighted by atomic mass is 10.1. The van der Waals surface area contributed by atoms with Crippen molar-refractivity contribution in [3.05, 3.63) is 86.2 Å². The third-order valence-corrected chi connectivity index (χ3v) is 5.35. The number of halogens is 1. The van der Waals surface area contributed by atoms with E-state index in [2.05, 4.69) is 15.3 Å². The average molecular weight is 450 g/mol. The molecule has 0 radical (unpaired) electrons. The molecule has 0 bridgehead atoms. The second-order valence-corrected chi connectivity index (χ2v) is 7.71. The van der Waals surface area contributed by atoms with Crippen LogP contribution in [0.15, 0.2) is 64.3 Å². The summed E-state index contributed by atoms with van der Waals surface area (Å²) in [6, 6.07) is 14.3. The number of carbonyl (C=O) groups is 1. The van der Waals surface area contributed by atoms with Crippen LogP contribution in [0.4, 0.5) is 5.69 Å². The summed E-state index contributed by atoms with van der Waals surface area (Å²) < 4.78 is 2.12. The quantitative estimate of drug-likeness (QED) is 0.505. The fourth-order valence-electron chi connectivity index (χ4n) is 3.37. The van der Waals surface area contributed by atoms with Crippen molar-refractivity contribution in [1.29, 1.82) is 0 Å². The van der Waals surface area contributed by atoms with Gasteiger partial charge < -0.3 is 5.32 Å². The van der Waals surface area contributed by atoms with Crippen molar-refractivity contribution in [2.24, 2.45) is 7.05 Å². The van der Waals surface area contributed by atoms with Crippen molar-refractivity contribution in [2.75, 3.05) is 5.32 Å². The summed E-state index contributed by atoms with van der Waals surface area (Å²) in [6.07, 6.45) is 2.19. The summed E-state index contributed by atoms with van der Waals surface area (Å²) in [7, 11) is 1.50. The summed E-state index contributed by atoms with van der Waals surface area (Å²) in [5, 5.41) is 3.45. The predicted molar refractivity (Wildman–Crippen MR) is 124 cm³/mol. The SMILES string of the molecule is CCc1cccc(NC(=O)Cn2c(=O)c3cnc(-c4ccc(Cl)cc4)nc3n(C)c2=O)c1. The number of carbonyl (C=O) groups excluding carboxylic acids is 1. The molecule has 0 saturated carbocycles. The van der Waals surface area contributed by atoms with E-state index >= 15 is 0 Å². The van der Waals surface area contributed by atoms with Crippen molar-refractivity contribution in [3.63, 3.8) is 0 Å². The van der Waals surface area contributed by atoms with Crippen LogP contribution < -0.4 is 16.6 Å². The van der Waals surface area contributed by atoms with Crippen LogP contribution in [0, 0.1) is 0 Å². The minimum absolute atomic E-state index is 0.144. The van der Waals surface area contributed by atoms with Crippen molar-refractivity contribution in [2.45, 2.75) is 19.9 Å². The summed E-state index contributed by atoms with van der Waals surface area (Å²) >= 11 is 5.92. The van der Waals surface area contributed by atoms with Crippen LogP contribution in [0.1, 0.15) is 12.5 Å². The Balaban J connectivity index is 1.69. The highest BCUT2D eigenvalue weighted by Gasteiger charge is 2.16. The minimum Gasteiger partial charge on any atom is -0.325 e. The molecule has 2 heterocycles. The zero-order valence-corrected chi connectivity index (χ0v) is 18.3. The molecule has 0 saturated heterocycles. The van der Waals surface area contributed by atoms with Gasteiger partial charge in [-0.05, 0) is 48.4 Å². The van der Waals surface area contributed by atoms with Gasteiger partial charge >= 0.3 is 5.69 Å². The molecule has 162 valence electrons. The van der Waals surface area contributed by atoms with Crippen LogP contribution in [0.5, 0.6) is 0 Å². The van der Waals surface area contributed by atoms with Crippen molar-refractivity contribution in [3.8, 4) is 11.4 Å². The number of amides is 1. The largest absolute Gasteiger partial charge is 0.332 e. The Morgan fingerprint density at radius 1 is 1.12 bits per heavy atom. The van der Waals surface area contributed by atoms with E-state index in [-0.39, 0.29) is 11.0 Å². The second kappa shape index (κ2) is 8.76. The molecule has 4 aromatic rings. The second-order valence-electron chi connectivity index (χ2n) is 7.27. The number of nitrogens with one attached hydrogen (secondary N) is 1. The number of hydrogen-bond acceptors (Lipinski definition) is 5. The number of hydrogen-bond donors (Lipinski definition) is 1. The molecular formula is C23H20ClN5O3. The third-order valence-electron chi connectivity index (χ3n) is 5.10. The summed E-state index contributed by atoms with van der Waals surface area (Å²) in [4.78, 5) is 47.0. The van der Waals surface area contributed by atoms with E-state index in [1.807, 2.05) is 25.1 Å². The third kappa shape index (κ3) is 4.17. The normalized spacial score (nSPS) is 11.0. The first kappa shape index (κ1) is 21.5. The molecule has 2 aromatic carbocycles. The molecule has 1 amide bonds. The van der Waals surface area contributed by atoms with E-state index in [0.717, 1.165) is 16.6 Å². The Hall–Kier alpha value is -3.78. The summed E-state index contributed by atoms with van der Waals surface area (Å²) in [5.74, 6) is -0.120. The lowest BCUT2D eigenvalue weighted by molar-refractivity contribution is -0.116. The summed E-state index contributed by atoms with van der Waals surface area (Å²) in [5.41, 5.74) is 1.30. The first-order chi connectivity index (χ1) is 15.4. The molecule has 9 heteroatoms. The van der Waals surface area contributed by atoms with Gasteiger partial charge in [-0.3, -0.25) is 18.7 Å². The van der Waals surface area contributed by atoms with Gasteiger partial charge in [-0.2, -0.15) is 0 Å². The fraction of sp³-hybridized carbons (Fsp3) is 0.174. The first-order valence-corrected chi connectivity index (χ1v) is 10.4. The van der Waals surface area contributed by atoms with E-state index < -0.39 is 23.7 Å². The highest BCUT2D eigenvalue weighted by molar-refractivity contribution is 6.30. The summed E-state index contributed by atoms with van der Waals surface area (Å²) in [6.45, 7) is 1.59.